The second kappa shape index (κ2) is 5.83. The molecule has 3 N–H and O–H groups in total. The summed E-state index contributed by atoms with van der Waals surface area (Å²) in [6, 6.07) is 0. The molecule has 0 saturated heterocycles. The van der Waals surface area contributed by atoms with Crippen molar-refractivity contribution in [3.05, 3.63) is 0 Å². The molecule has 74 valence electrons. The molecule has 0 unspecified atom stereocenters. The van der Waals surface area contributed by atoms with Crippen LogP contribution in [0.2, 0.25) is 0 Å². The molecule has 4 heteroatoms. The molecular weight excluding hydrogens is 156 g/mol. The Labute approximate surface area is 74.5 Å². The minimum Gasteiger partial charge on any atom is -0.448 e. The predicted molar refractivity (Wildman–Crippen MR) is 50.0 cm³/mol. The quantitative estimate of drug-likeness (QED) is 0.662. The van der Waals surface area contributed by atoms with Crippen LogP contribution in [0.4, 0.5) is 4.79 Å². The number of hydrogen-bond acceptors (Lipinski definition) is 3. The number of carbonyl (C=O) groups is 1. The molecule has 1 amide bonds. The fourth-order valence-corrected chi connectivity index (χ4v) is 0.494. The summed E-state index contributed by atoms with van der Waals surface area (Å²) in [7, 11) is 0. The van der Waals surface area contributed by atoms with Crippen molar-refractivity contribution in [1.82, 2.24) is 5.32 Å². The van der Waals surface area contributed by atoms with Crippen molar-refractivity contribution in [2.75, 3.05) is 13.2 Å². The number of rotatable bonds is 2. The molecule has 0 atom stereocenters. The number of nitrogens with one attached hydrogen (secondary N) is 1. The Kier molecular flexibility index (Phi) is 6.70. The van der Waals surface area contributed by atoms with Gasteiger partial charge in [-0.1, -0.05) is 7.43 Å². The lowest BCUT2D eigenvalue weighted by atomic mass is 10.1. The average molecular weight is 176 g/mol. The van der Waals surface area contributed by atoms with Gasteiger partial charge < -0.3 is 15.8 Å². The maximum absolute atomic E-state index is 10.8. The molecule has 4 nitrogen and oxygen atoms in total. The molecule has 0 aliphatic heterocycles. The highest BCUT2D eigenvalue weighted by Gasteiger charge is 2.13. The largest absolute Gasteiger partial charge is 0.448 e. The zero-order chi connectivity index (χ0) is 8.91. The highest BCUT2D eigenvalue weighted by Crippen LogP contribution is 1.98. The summed E-state index contributed by atoms with van der Waals surface area (Å²) in [5.41, 5.74) is 4.89. The van der Waals surface area contributed by atoms with E-state index >= 15 is 0 Å². The molecular formula is C8H20N2O2. The lowest BCUT2D eigenvalue weighted by Gasteiger charge is -2.19. The summed E-state index contributed by atoms with van der Waals surface area (Å²) >= 11 is 0. The van der Waals surface area contributed by atoms with Crippen LogP contribution in [0, 0.1) is 0 Å². The monoisotopic (exact) mass is 176 g/mol. The van der Waals surface area contributed by atoms with Crippen LogP contribution >= 0.6 is 0 Å². The Hall–Kier alpha value is -0.770. The van der Waals surface area contributed by atoms with Gasteiger partial charge in [-0.05, 0) is 20.8 Å². The molecule has 12 heavy (non-hydrogen) atoms. The van der Waals surface area contributed by atoms with E-state index in [2.05, 4.69) is 5.32 Å². The molecule has 0 heterocycles. The Morgan fingerprint density at radius 3 is 2.33 bits per heavy atom. The highest BCUT2D eigenvalue weighted by molar-refractivity contribution is 5.67. The third kappa shape index (κ3) is 9.23. The Morgan fingerprint density at radius 1 is 1.50 bits per heavy atom. The van der Waals surface area contributed by atoms with Crippen LogP contribution in [0.5, 0.6) is 0 Å². The molecule has 0 rings (SSSR count). The van der Waals surface area contributed by atoms with E-state index < -0.39 is 6.09 Å². The van der Waals surface area contributed by atoms with E-state index in [0.29, 0.717) is 6.54 Å². The third-order valence-electron chi connectivity index (χ3n) is 0.828. The first-order valence-electron chi connectivity index (χ1n) is 3.61. The van der Waals surface area contributed by atoms with Crippen molar-refractivity contribution in [3.8, 4) is 0 Å². The minimum absolute atomic E-state index is 0. The number of hydrogen-bond donors (Lipinski definition) is 2. The van der Waals surface area contributed by atoms with Gasteiger partial charge in [-0.2, -0.15) is 0 Å². The van der Waals surface area contributed by atoms with Crippen LogP contribution < -0.4 is 11.1 Å². The van der Waals surface area contributed by atoms with E-state index in [-0.39, 0.29) is 19.6 Å². The van der Waals surface area contributed by atoms with Crippen molar-refractivity contribution >= 4 is 6.09 Å². The number of amides is 1. The van der Waals surface area contributed by atoms with E-state index in [4.69, 9.17) is 10.5 Å². The molecule has 0 bridgehead atoms. The molecule has 0 aromatic carbocycles. The lowest BCUT2D eigenvalue weighted by molar-refractivity contribution is 0.140. The van der Waals surface area contributed by atoms with Crippen molar-refractivity contribution in [2.45, 2.75) is 33.7 Å². The first kappa shape index (κ1) is 13.8. The second-order valence-electron chi connectivity index (χ2n) is 3.30. The molecule has 0 aromatic rings. The lowest BCUT2D eigenvalue weighted by Crippen LogP contribution is -2.41. The van der Waals surface area contributed by atoms with Crippen molar-refractivity contribution in [3.63, 3.8) is 0 Å². The van der Waals surface area contributed by atoms with Gasteiger partial charge in [0.2, 0.25) is 0 Å². The van der Waals surface area contributed by atoms with Gasteiger partial charge in [-0.15, -0.1) is 0 Å². The third-order valence-corrected chi connectivity index (χ3v) is 0.828. The highest BCUT2D eigenvalue weighted by atomic mass is 16.5. The van der Waals surface area contributed by atoms with Crippen LogP contribution in [0.3, 0.4) is 0 Å². The number of ether oxygens (including phenoxy) is 1. The zero-order valence-electron chi connectivity index (χ0n) is 7.31. The fourth-order valence-electron chi connectivity index (χ4n) is 0.494. The first-order valence-corrected chi connectivity index (χ1v) is 3.61. The number of alkyl carbamates (subject to hydrolysis) is 1. The van der Waals surface area contributed by atoms with Crippen LogP contribution in [0.15, 0.2) is 0 Å². The maximum atomic E-state index is 10.8. The fraction of sp³-hybridized carbons (Fsp3) is 0.875. The van der Waals surface area contributed by atoms with E-state index in [1.165, 1.54) is 0 Å². The zero-order valence-corrected chi connectivity index (χ0v) is 7.31. The number of nitrogens with two attached hydrogens (primary N) is 1. The standard InChI is InChI=1S/C7H16N2O2.CH4/c1-7(2,3)9-6(10)11-5-4-8;/h4-5,8H2,1-3H3,(H,9,10);1H4. The SMILES string of the molecule is C.CC(C)(C)NC(=O)OCCN. The van der Waals surface area contributed by atoms with Gasteiger partial charge in [0.1, 0.15) is 6.61 Å². The second-order valence-corrected chi connectivity index (χ2v) is 3.30. The smallest absolute Gasteiger partial charge is 0.407 e. The molecule has 0 aliphatic carbocycles. The van der Waals surface area contributed by atoms with Gasteiger partial charge in [-0.3, -0.25) is 0 Å². The van der Waals surface area contributed by atoms with Gasteiger partial charge in [-0.25, -0.2) is 4.79 Å². The van der Waals surface area contributed by atoms with E-state index in [1.807, 2.05) is 20.8 Å². The van der Waals surface area contributed by atoms with Gasteiger partial charge in [0, 0.05) is 12.1 Å². The predicted octanol–water partition coefficient (Wildman–Crippen LogP) is 1.11. The van der Waals surface area contributed by atoms with Crippen LogP contribution in [0.25, 0.3) is 0 Å². The van der Waals surface area contributed by atoms with Crippen LogP contribution in [-0.2, 0) is 4.74 Å². The van der Waals surface area contributed by atoms with Crippen LogP contribution in [0.1, 0.15) is 28.2 Å². The minimum atomic E-state index is -0.414. The van der Waals surface area contributed by atoms with E-state index in [1.54, 1.807) is 0 Å². The molecule has 0 aromatic heterocycles. The van der Waals surface area contributed by atoms with Gasteiger partial charge in [0.05, 0.1) is 0 Å². The summed E-state index contributed by atoms with van der Waals surface area (Å²) < 4.78 is 4.69. The van der Waals surface area contributed by atoms with E-state index in [0.717, 1.165) is 0 Å². The first-order chi connectivity index (χ1) is 4.95. The molecule has 0 fully saturated rings. The molecule has 0 aliphatic rings. The normalized spacial score (nSPS) is 10.0. The Balaban J connectivity index is 0. The molecule has 0 radical (unpaired) electrons. The summed E-state index contributed by atoms with van der Waals surface area (Å²) in [5.74, 6) is 0. The molecule has 0 saturated carbocycles. The van der Waals surface area contributed by atoms with Crippen molar-refractivity contribution in [1.29, 1.82) is 0 Å². The van der Waals surface area contributed by atoms with Crippen LogP contribution in [-0.4, -0.2) is 24.8 Å². The van der Waals surface area contributed by atoms with Crippen molar-refractivity contribution in [2.24, 2.45) is 5.73 Å². The topological polar surface area (TPSA) is 64.3 Å². The summed E-state index contributed by atoms with van der Waals surface area (Å²) in [6.07, 6.45) is -0.414. The van der Waals surface area contributed by atoms with E-state index in [9.17, 15) is 4.79 Å². The van der Waals surface area contributed by atoms with Gasteiger partial charge >= 0.3 is 6.09 Å². The van der Waals surface area contributed by atoms with Crippen molar-refractivity contribution < 1.29 is 9.53 Å². The summed E-state index contributed by atoms with van der Waals surface area (Å²) in [4.78, 5) is 10.8. The van der Waals surface area contributed by atoms with Gasteiger partial charge in [0.25, 0.3) is 0 Å². The van der Waals surface area contributed by atoms with Gasteiger partial charge in [0.15, 0.2) is 0 Å². The number of carbonyl (C=O) groups excluding carboxylic acids is 1. The molecule has 0 spiro atoms. The summed E-state index contributed by atoms with van der Waals surface area (Å²) in [5, 5.41) is 2.64. The Bertz CT molecular complexity index is 130. The maximum Gasteiger partial charge on any atom is 0.407 e. The average Bonchev–Trinajstić information content (AvgIpc) is 1.79. The summed E-state index contributed by atoms with van der Waals surface area (Å²) in [6.45, 7) is 6.28. The Morgan fingerprint density at radius 2 is 2.00 bits per heavy atom.